The Bertz CT molecular complexity index is 669. The number of nitrogens with one attached hydrogen (secondary N) is 1. The Balaban J connectivity index is 1.56. The van der Waals surface area contributed by atoms with E-state index in [0.29, 0.717) is 0 Å². The normalized spacial score (nSPS) is 19.8. The van der Waals surface area contributed by atoms with Crippen LogP contribution >= 0.6 is 0 Å². The fourth-order valence-corrected chi connectivity index (χ4v) is 3.35. The van der Waals surface area contributed by atoms with E-state index in [2.05, 4.69) is 26.3 Å². The minimum Gasteiger partial charge on any atom is -0.346 e. The van der Waals surface area contributed by atoms with Crippen molar-refractivity contribution in [3.05, 3.63) is 48.3 Å². The number of hydrogen-bond acceptors (Lipinski definition) is 4. The standard InChI is InChI=1S/C18H25N5O/c1-14(17-20-8-10-22(17)2)21-18(24)16-6-4-9-23(13-16)12-15-5-3-7-19-11-15/h3,5,7-8,10-11,14,16H,4,6,9,12-13H2,1-2H3,(H,21,24). The molecule has 6 heteroatoms. The summed E-state index contributed by atoms with van der Waals surface area (Å²) in [4.78, 5) is 23.5. The summed E-state index contributed by atoms with van der Waals surface area (Å²) >= 11 is 0. The Morgan fingerprint density at radius 3 is 3.04 bits per heavy atom. The maximum atomic E-state index is 12.6. The number of pyridine rings is 1. The number of aryl methyl sites for hydroxylation is 1. The molecule has 0 bridgehead atoms. The van der Waals surface area contributed by atoms with Gasteiger partial charge in [-0.3, -0.25) is 14.7 Å². The predicted octanol–water partition coefficient (Wildman–Crippen LogP) is 1.90. The molecular formula is C18H25N5O. The van der Waals surface area contributed by atoms with Gasteiger partial charge in [-0.25, -0.2) is 4.98 Å². The number of aromatic nitrogens is 3. The molecule has 1 saturated heterocycles. The van der Waals surface area contributed by atoms with E-state index in [0.717, 1.165) is 38.3 Å². The van der Waals surface area contributed by atoms with Crippen molar-refractivity contribution in [2.45, 2.75) is 32.4 Å². The van der Waals surface area contributed by atoms with Crippen molar-refractivity contribution >= 4 is 5.91 Å². The highest BCUT2D eigenvalue weighted by Gasteiger charge is 2.27. The molecule has 0 saturated carbocycles. The Morgan fingerprint density at radius 1 is 1.46 bits per heavy atom. The highest BCUT2D eigenvalue weighted by atomic mass is 16.2. The molecular weight excluding hydrogens is 302 g/mol. The Morgan fingerprint density at radius 2 is 2.33 bits per heavy atom. The van der Waals surface area contributed by atoms with E-state index in [1.807, 2.05) is 37.0 Å². The van der Waals surface area contributed by atoms with Gasteiger partial charge in [0.1, 0.15) is 5.82 Å². The van der Waals surface area contributed by atoms with Crippen LogP contribution in [-0.4, -0.2) is 38.4 Å². The van der Waals surface area contributed by atoms with Crippen LogP contribution in [-0.2, 0) is 18.4 Å². The van der Waals surface area contributed by atoms with Crippen LogP contribution in [0.25, 0.3) is 0 Å². The highest BCUT2D eigenvalue weighted by Crippen LogP contribution is 2.20. The second-order valence-corrected chi connectivity index (χ2v) is 6.56. The van der Waals surface area contributed by atoms with E-state index in [-0.39, 0.29) is 17.9 Å². The molecule has 0 aromatic carbocycles. The molecule has 2 aromatic heterocycles. The number of nitrogens with zero attached hydrogens (tertiary/aromatic N) is 4. The summed E-state index contributed by atoms with van der Waals surface area (Å²) < 4.78 is 1.94. The number of piperidine rings is 1. The van der Waals surface area contributed by atoms with Gasteiger partial charge in [-0.1, -0.05) is 6.07 Å². The molecule has 0 aliphatic carbocycles. The summed E-state index contributed by atoms with van der Waals surface area (Å²) in [6.07, 6.45) is 9.34. The molecule has 24 heavy (non-hydrogen) atoms. The maximum absolute atomic E-state index is 12.6. The number of carbonyl (C=O) groups is 1. The van der Waals surface area contributed by atoms with Gasteiger partial charge >= 0.3 is 0 Å². The number of imidazole rings is 1. The van der Waals surface area contributed by atoms with Gasteiger partial charge in [0.2, 0.25) is 5.91 Å². The molecule has 2 aromatic rings. The topological polar surface area (TPSA) is 63.1 Å². The molecule has 0 radical (unpaired) electrons. The smallest absolute Gasteiger partial charge is 0.224 e. The second-order valence-electron chi connectivity index (χ2n) is 6.56. The molecule has 3 rings (SSSR count). The van der Waals surface area contributed by atoms with Crippen molar-refractivity contribution < 1.29 is 4.79 Å². The molecule has 3 heterocycles. The first-order valence-electron chi connectivity index (χ1n) is 8.52. The fraction of sp³-hybridized carbons (Fsp3) is 0.500. The average Bonchev–Trinajstić information content (AvgIpc) is 3.02. The molecule has 1 N–H and O–H groups in total. The average molecular weight is 327 g/mol. The summed E-state index contributed by atoms with van der Waals surface area (Å²) in [6, 6.07) is 3.96. The van der Waals surface area contributed by atoms with E-state index in [9.17, 15) is 4.79 Å². The van der Waals surface area contributed by atoms with Crippen molar-refractivity contribution in [2.24, 2.45) is 13.0 Å². The van der Waals surface area contributed by atoms with Crippen molar-refractivity contribution in [3.63, 3.8) is 0 Å². The molecule has 2 unspecified atom stereocenters. The minimum atomic E-state index is -0.0776. The van der Waals surface area contributed by atoms with Crippen LogP contribution in [0.4, 0.5) is 0 Å². The largest absolute Gasteiger partial charge is 0.346 e. The zero-order valence-electron chi connectivity index (χ0n) is 14.4. The monoisotopic (exact) mass is 327 g/mol. The van der Waals surface area contributed by atoms with Crippen LogP contribution in [0.1, 0.15) is 37.2 Å². The van der Waals surface area contributed by atoms with Gasteiger partial charge in [-0.2, -0.15) is 0 Å². The van der Waals surface area contributed by atoms with Gasteiger partial charge in [0.05, 0.1) is 12.0 Å². The predicted molar refractivity (Wildman–Crippen MR) is 92.0 cm³/mol. The molecule has 1 aliphatic heterocycles. The van der Waals surface area contributed by atoms with Crippen molar-refractivity contribution in [1.82, 2.24) is 24.8 Å². The quantitative estimate of drug-likeness (QED) is 0.911. The lowest BCUT2D eigenvalue weighted by atomic mass is 9.96. The van der Waals surface area contributed by atoms with Gasteiger partial charge in [0.15, 0.2) is 0 Å². The summed E-state index contributed by atoms with van der Waals surface area (Å²) in [5.74, 6) is 1.05. The van der Waals surface area contributed by atoms with Gasteiger partial charge in [0.25, 0.3) is 0 Å². The fourth-order valence-electron chi connectivity index (χ4n) is 3.35. The van der Waals surface area contributed by atoms with Crippen molar-refractivity contribution in [1.29, 1.82) is 0 Å². The highest BCUT2D eigenvalue weighted by molar-refractivity contribution is 5.79. The minimum absolute atomic E-state index is 0.0399. The number of hydrogen-bond donors (Lipinski definition) is 1. The summed E-state index contributed by atoms with van der Waals surface area (Å²) in [6.45, 7) is 4.67. The summed E-state index contributed by atoms with van der Waals surface area (Å²) in [7, 11) is 1.95. The van der Waals surface area contributed by atoms with Crippen LogP contribution in [0.15, 0.2) is 36.9 Å². The van der Waals surface area contributed by atoms with Crippen LogP contribution < -0.4 is 5.32 Å². The third-order valence-electron chi connectivity index (χ3n) is 4.61. The van der Waals surface area contributed by atoms with Gasteiger partial charge in [-0.05, 0) is 37.9 Å². The summed E-state index contributed by atoms with van der Waals surface area (Å²) in [5, 5.41) is 3.12. The Kier molecular flexibility index (Phi) is 5.25. The lowest BCUT2D eigenvalue weighted by Gasteiger charge is -2.32. The molecule has 2 atom stereocenters. The van der Waals surface area contributed by atoms with Crippen LogP contribution in [0.5, 0.6) is 0 Å². The number of rotatable bonds is 5. The first-order chi connectivity index (χ1) is 11.6. The van der Waals surface area contributed by atoms with E-state index < -0.39 is 0 Å². The Hall–Kier alpha value is -2.21. The van der Waals surface area contributed by atoms with Crippen LogP contribution in [0.2, 0.25) is 0 Å². The maximum Gasteiger partial charge on any atom is 0.224 e. The first kappa shape index (κ1) is 16.6. The number of amides is 1. The van der Waals surface area contributed by atoms with Gasteiger partial charge in [-0.15, -0.1) is 0 Å². The third-order valence-corrected chi connectivity index (χ3v) is 4.61. The number of carbonyl (C=O) groups excluding carboxylic acids is 1. The molecule has 0 spiro atoms. The van der Waals surface area contributed by atoms with Crippen LogP contribution in [0.3, 0.4) is 0 Å². The SMILES string of the molecule is CC(NC(=O)C1CCCN(Cc2cccnc2)C1)c1nccn1C. The van der Waals surface area contributed by atoms with Crippen molar-refractivity contribution in [3.8, 4) is 0 Å². The lowest BCUT2D eigenvalue weighted by Crippen LogP contribution is -2.43. The van der Waals surface area contributed by atoms with E-state index in [4.69, 9.17) is 0 Å². The zero-order valence-corrected chi connectivity index (χ0v) is 14.4. The summed E-state index contributed by atoms with van der Waals surface area (Å²) in [5.41, 5.74) is 1.19. The van der Waals surface area contributed by atoms with Gasteiger partial charge in [0, 0.05) is 44.9 Å². The van der Waals surface area contributed by atoms with Gasteiger partial charge < -0.3 is 9.88 Å². The third kappa shape index (κ3) is 4.00. The second kappa shape index (κ2) is 7.57. The molecule has 128 valence electrons. The first-order valence-corrected chi connectivity index (χ1v) is 8.52. The molecule has 1 amide bonds. The van der Waals surface area contributed by atoms with E-state index >= 15 is 0 Å². The lowest BCUT2D eigenvalue weighted by molar-refractivity contribution is -0.127. The van der Waals surface area contributed by atoms with E-state index in [1.54, 1.807) is 12.4 Å². The molecule has 1 fully saturated rings. The number of likely N-dealkylation sites (tertiary alicyclic amines) is 1. The van der Waals surface area contributed by atoms with Crippen molar-refractivity contribution in [2.75, 3.05) is 13.1 Å². The molecule has 6 nitrogen and oxygen atoms in total. The molecule has 1 aliphatic rings. The zero-order chi connectivity index (χ0) is 16.9. The Labute approximate surface area is 142 Å². The van der Waals surface area contributed by atoms with Crippen LogP contribution in [0, 0.1) is 5.92 Å². The van der Waals surface area contributed by atoms with E-state index in [1.165, 1.54) is 5.56 Å².